The van der Waals surface area contributed by atoms with Crippen LogP contribution in [0.3, 0.4) is 0 Å². The van der Waals surface area contributed by atoms with Crippen molar-refractivity contribution >= 4 is 17.5 Å². The van der Waals surface area contributed by atoms with Gasteiger partial charge < -0.3 is 14.5 Å². The van der Waals surface area contributed by atoms with Gasteiger partial charge in [0.15, 0.2) is 17.2 Å². The minimum Gasteiger partial charge on any atom is -0.494 e. The Morgan fingerprint density at radius 3 is 2.39 bits per heavy atom. The lowest BCUT2D eigenvalue weighted by Gasteiger charge is -2.23. The normalized spacial score (nSPS) is 21.3. The average Bonchev–Trinajstić information content (AvgIpc) is 3.00. The largest absolute Gasteiger partial charge is 0.494 e. The number of H-pyrrole nitrogens is 1. The molecule has 1 N–H and O–H groups in total. The van der Waals surface area contributed by atoms with Crippen LogP contribution in [0, 0.1) is 0 Å². The second-order valence-corrected chi connectivity index (χ2v) is 6.87. The van der Waals surface area contributed by atoms with Crippen molar-refractivity contribution in [2.24, 2.45) is 0 Å². The number of aromatic amines is 1. The quantitative estimate of drug-likeness (QED) is 0.680. The highest BCUT2D eigenvalue weighted by molar-refractivity contribution is 6.13. The number of methoxy groups -OCH3 is 1. The van der Waals surface area contributed by atoms with Gasteiger partial charge in [0.1, 0.15) is 16.8 Å². The Balaban J connectivity index is 2.48. The second-order valence-electron chi connectivity index (χ2n) is 6.87. The SMILES string of the molecule is COc1cc(C2(C(C)=O)CCCC2=O)[nH]c1C(=O)OC(C)(C)C. The summed E-state index contributed by atoms with van der Waals surface area (Å²) in [6.45, 7) is 6.69. The van der Waals surface area contributed by atoms with Crippen LogP contribution in [0.1, 0.15) is 63.1 Å². The fourth-order valence-corrected chi connectivity index (χ4v) is 3.02. The molecule has 6 heteroatoms. The third-order valence-corrected chi connectivity index (χ3v) is 4.10. The smallest absolute Gasteiger partial charge is 0.359 e. The molecule has 1 heterocycles. The van der Waals surface area contributed by atoms with E-state index in [1.807, 2.05) is 0 Å². The van der Waals surface area contributed by atoms with Gasteiger partial charge in [-0.25, -0.2) is 4.79 Å². The summed E-state index contributed by atoms with van der Waals surface area (Å²) in [4.78, 5) is 39.8. The number of Topliss-reactive ketones (excluding diaryl/α,β-unsaturated/α-hetero) is 2. The van der Waals surface area contributed by atoms with Crippen molar-refractivity contribution < 1.29 is 23.9 Å². The molecule has 0 saturated heterocycles. The topological polar surface area (TPSA) is 85.5 Å². The van der Waals surface area contributed by atoms with Gasteiger partial charge in [0, 0.05) is 18.2 Å². The third kappa shape index (κ3) is 3.02. The number of nitrogens with one attached hydrogen (secondary N) is 1. The molecule has 1 atom stereocenters. The standard InChI is InChI=1S/C17H23NO5/c1-10(19)17(8-6-7-13(17)20)12-9-11(22-5)14(18-12)15(21)23-16(2,3)4/h9,18H,6-8H2,1-5H3. The molecule has 126 valence electrons. The van der Waals surface area contributed by atoms with E-state index in [4.69, 9.17) is 9.47 Å². The van der Waals surface area contributed by atoms with Crippen LogP contribution < -0.4 is 4.74 Å². The van der Waals surface area contributed by atoms with Crippen molar-refractivity contribution in [1.29, 1.82) is 0 Å². The Morgan fingerprint density at radius 2 is 1.96 bits per heavy atom. The Morgan fingerprint density at radius 1 is 1.30 bits per heavy atom. The van der Waals surface area contributed by atoms with Crippen molar-refractivity contribution in [1.82, 2.24) is 4.98 Å². The Hall–Kier alpha value is -2.11. The minimum absolute atomic E-state index is 0.121. The van der Waals surface area contributed by atoms with Crippen molar-refractivity contribution in [3.05, 3.63) is 17.5 Å². The van der Waals surface area contributed by atoms with Gasteiger partial charge in [-0.05, 0) is 40.5 Å². The average molecular weight is 321 g/mol. The summed E-state index contributed by atoms with van der Waals surface area (Å²) in [6, 6.07) is 1.56. The first-order valence-electron chi connectivity index (χ1n) is 7.67. The predicted molar refractivity (Wildman–Crippen MR) is 83.7 cm³/mol. The molecule has 0 amide bonds. The molecule has 0 spiro atoms. The molecule has 0 radical (unpaired) electrons. The summed E-state index contributed by atoms with van der Waals surface area (Å²) in [5.74, 6) is -0.649. The van der Waals surface area contributed by atoms with E-state index in [0.717, 1.165) is 0 Å². The number of rotatable bonds is 4. The minimum atomic E-state index is -1.20. The molecule has 1 aromatic heterocycles. The van der Waals surface area contributed by atoms with Gasteiger partial charge in [-0.2, -0.15) is 0 Å². The Labute approximate surface area is 135 Å². The molecule has 1 aromatic rings. The van der Waals surface area contributed by atoms with E-state index < -0.39 is 17.0 Å². The van der Waals surface area contributed by atoms with Gasteiger partial charge in [0.2, 0.25) is 0 Å². The molecule has 0 aliphatic heterocycles. The molecular formula is C17H23NO5. The second kappa shape index (κ2) is 5.83. The van der Waals surface area contributed by atoms with Crippen LogP contribution in [-0.4, -0.2) is 35.2 Å². The molecule has 6 nitrogen and oxygen atoms in total. The number of aromatic nitrogens is 1. The number of esters is 1. The molecule has 0 aromatic carbocycles. The summed E-state index contributed by atoms with van der Waals surface area (Å²) >= 11 is 0. The number of carbonyl (C=O) groups is 3. The van der Waals surface area contributed by atoms with Crippen molar-refractivity contribution in [2.45, 2.75) is 58.0 Å². The Bertz CT molecular complexity index is 652. The molecule has 1 saturated carbocycles. The summed E-state index contributed by atoms with van der Waals surface area (Å²) < 4.78 is 10.6. The molecular weight excluding hydrogens is 298 g/mol. The lowest BCUT2D eigenvalue weighted by molar-refractivity contribution is -0.132. The maximum atomic E-state index is 12.3. The summed E-state index contributed by atoms with van der Waals surface area (Å²) in [7, 11) is 1.43. The van der Waals surface area contributed by atoms with Crippen LogP contribution in [-0.2, 0) is 19.7 Å². The van der Waals surface area contributed by atoms with Gasteiger partial charge >= 0.3 is 5.97 Å². The molecule has 23 heavy (non-hydrogen) atoms. The Kier molecular flexibility index (Phi) is 4.37. The van der Waals surface area contributed by atoms with Gasteiger partial charge in [-0.15, -0.1) is 0 Å². The fraction of sp³-hybridized carbons (Fsp3) is 0.588. The third-order valence-electron chi connectivity index (χ3n) is 4.10. The molecule has 1 fully saturated rings. The van der Waals surface area contributed by atoms with Crippen molar-refractivity contribution in [3.63, 3.8) is 0 Å². The van der Waals surface area contributed by atoms with E-state index in [9.17, 15) is 14.4 Å². The summed E-state index contributed by atoms with van der Waals surface area (Å²) in [6.07, 6.45) is 1.46. The monoisotopic (exact) mass is 321 g/mol. The zero-order valence-corrected chi connectivity index (χ0v) is 14.2. The van der Waals surface area contributed by atoms with Crippen LogP contribution in [0.15, 0.2) is 6.07 Å². The van der Waals surface area contributed by atoms with Crippen molar-refractivity contribution in [2.75, 3.05) is 7.11 Å². The van der Waals surface area contributed by atoms with Crippen LogP contribution in [0.5, 0.6) is 5.75 Å². The zero-order chi connectivity index (χ0) is 17.4. The molecule has 0 bridgehead atoms. The van der Waals surface area contributed by atoms with E-state index >= 15 is 0 Å². The van der Waals surface area contributed by atoms with Gasteiger partial charge in [-0.1, -0.05) is 0 Å². The maximum Gasteiger partial charge on any atom is 0.359 e. The van der Waals surface area contributed by atoms with E-state index in [2.05, 4.69) is 4.98 Å². The maximum absolute atomic E-state index is 12.3. The van der Waals surface area contributed by atoms with Crippen LogP contribution >= 0.6 is 0 Å². The molecule has 1 unspecified atom stereocenters. The molecule has 1 aliphatic rings. The van der Waals surface area contributed by atoms with E-state index in [0.29, 0.717) is 25.0 Å². The fourth-order valence-electron chi connectivity index (χ4n) is 3.02. The zero-order valence-electron chi connectivity index (χ0n) is 14.2. The summed E-state index contributed by atoms with van der Waals surface area (Å²) in [5.41, 5.74) is -1.33. The number of carbonyl (C=O) groups excluding carboxylic acids is 3. The number of hydrogen-bond acceptors (Lipinski definition) is 5. The van der Waals surface area contributed by atoms with Gasteiger partial charge in [0.05, 0.1) is 7.11 Å². The summed E-state index contributed by atoms with van der Waals surface area (Å²) in [5, 5.41) is 0. The van der Waals surface area contributed by atoms with Gasteiger partial charge in [0.25, 0.3) is 0 Å². The lowest BCUT2D eigenvalue weighted by Crippen LogP contribution is -2.38. The highest BCUT2D eigenvalue weighted by Gasteiger charge is 2.49. The first kappa shape index (κ1) is 17.2. The number of ether oxygens (including phenoxy) is 2. The lowest BCUT2D eigenvalue weighted by atomic mass is 9.78. The van der Waals surface area contributed by atoms with Crippen LogP contribution in [0.25, 0.3) is 0 Å². The molecule has 1 aliphatic carbocycles. The molecule has 2 rings (SSSR count). The predicted octanol–water partition coefficient (Wildman–Crippen LogP) is 2.56. The highest BCUT2D eigenvalue weighted by atomic mass is 16.6. The van der Waals surface area contributed by atoms with E-state index in [-0.39, 0.29) is 23.0 Å². The first-order chi connectivity index (χ1) is 10.6. The van der Waals surface area contributed by atoms with Crippen LogP contribution in [0.4, 0.5) is 0 Å². The highest BCUT2D eigenvalue weighted by Crippen LogP contribution is 2.41. The number of hydrogen-bond donors (Lipinski definition) is 1. The van der Waals surface area contributed by atoms with Gasteiger partial charge in [-0.3, -0.25) is 9.59 Å². The van der Waals surface area contributed by atoms with Crippen molar-refractivity contribution in [3.8, 4) is 5.75 Å². The number of ketones is 2. The first-order valence-corrected chi connectivity index (χ1v) is 7.67. The van der Waals surface area contributed by atoms with E-state index in [1.165, 1.54) is 14.0 Å². The van der Waals surface area contributed by atoms with Crippen LogP contribution in [0.2, 0.25) is 0 Å². The van der Waals surface area contributed by atoms with E-state index in [1.54, 1.807) is 26.8 Å².